The number of hydrogen-bond acceptors (Lipinski definition) is 4. The van der Waals surface area contributed by atoms with Crippen LogP contribution in [0.1, 0.15) is 23.2 Å². The van der Waals surface area contributed by atoms with Gasteiger partial charge in [0.05, 0.1) is 22.0 Å². The summed E-state index contributed by atoms with van der Waals surface area (Å²) in [6.45, 7) is 3.12. The Morgan fingerprint density at radius 2 is 1.68 bits per heavy atom. The van der Waals surface area contributed by atoms with E-state index in [1.54, 1.807) is 12.1 Å². The number of carboxylic acid groups (broad SMARTS) is 1. The number of carbonyl (C=O) groups excluding carboxylic acids is 1. The predicted molar refractivity (Wildman–Crippen MR) is 111 cm³/mol. The standard InChI is InChI=1S/C21H22ClN3O3/c22-17-3-1-2-4-19(17)25-11-9-24(10-12-25)15-7-8-18(16(13-15)21(27)28)23-20(26)14-5-6-14/h1-4,7-8,13-14H,5-6,9-12H2,(H,23,26)(H,27,28). The molecule has 1 aliphatic carbocycles. The number of aromatic carboxylic acids is 1. The van der Waals surface area contributed by atoms with Gasteiger partial charge in [-0.2, -0.15) is 0 Å². The van der Waals surface area contributed by atoms with Gasteiger partial charge in [0.25, 0.3) is 0 Å². The fourth-order valence-electron chi connectivity index (χ4n) is 3.51. The number of amides is 1. The van der Waals surface area contributed by atoms with Gasteiger partial charge in [-0.15, -0.1) is 0 Å². The van der Waals surface area contributed by atoms with Crippen LogP contribution in [0.15, 0.2) is 42.5 Å². The average Bonchev–Trinajstić information content (AvgIpc) is 3.54. The van der Waals surface area contributed by atoms with Crippen molar-refractivity contribution in [2.24, 2.45) is 5.92 Å². The van der Waals surface area contributed by atoms with E-state index in [1.165, 1.54) is 0 Å². The van der Waals surface area contributed by atoms with Crippen molar-refractivity contribution in [2.75, 3.05) is 41.3 Å². The fraction of sp³-hybridized carbons (Fsp3) is 0.333. The number of nitrogens with one attached hydrogen (secondary N) is 1. The van der Waals surface area contributed by atoms with Crippen molar-refractivity contribution in [2.45, 2.75) is 12.8 Å². The quantitative estimate of drug-likeness (QED) is 0.801. The lowest BCUT2D eigenvalue weighted by molar-refractivity contribution is -0.117. The van der Waals surface area contributed by atoms with Gasteiger partial charge in [-0.05, 0) is 43.2 Å². The minimum absolute atomic E-state index is 0.0270. The SMILES string of the molecule is O=C(O)c1cc(N2CCN(c3ccccc3Cl)CC2)ccc1NC(=O)C1CC1. The first-order chi connectivity index (χ1) is 13.5. The number of anilines is 3. The topological polar surface area (TPSA) is 72.9 Å². The molecular weight excluding hydrogens is 378 g/mol. The fourth-order valence-corrected chi connectivity index (χ4v) is 3.76. The van der Waals surface area contributed by atoms with E-state index in [0.29, 0.717) is 5.69 Å². The highest BCUT2D eigenvalue weighted by atomic mass is 35.5. The third-order valence-electron chi connectivity index (χ3n) is 5.28. The van der Waals surface area contributed by atoms with Crippen LogP contribution in [0.25, 0.3) is 0 Å². The molecule has 28 heavy (non-hydrogen) atoms. The average molecular weight is 400 g/mol. The molecule has 1 aliphatic heterocycles. The van der Waals surface area contributed by atoms with Crippen LogP contribution in [0.2, 0.25) is 5.02 Å². The molecule has 0 unspecified atom stereocenters. The molecule has 2 aromatic carbocycles. The normalized spacial score (nSPS) is 16.8. The first-order valence-corrected chi connectivity index (χ1v) is 9.83. The van der Waals surface area contributed by atoms with Crippen molar-refractivity contribution < 1.29 is 14.7 Å². The summed E-state index contributed by atoms with van der Waals surface area (Å²) in [6, 6.07) is 13.0. The molecule has 2 fully saturated rings. The highest BCUT2D eigenvalue weighted by molar-refractivity contribution is 6.33. The van der Waals surface area contributed by atoms with E-state index in [2.05, 4.69) is 15.1 Å². The lowest BCUT2D eigenvalue weighted by Crippen LogP contribution is -2.46. The minimum atomic E-state index is -1.04. The van der Waals surface area contributed by atoms with Crippen molar-refractivity contribution in [1.29, 1.82) is 0 Å². The third-order valence-corrected chi connectivity index (χ3v) is 5.60. The molecule has 7 heteroatoms. The minimum Gasteiger partial charge on any atom is -0.478 e. The highest BCUT2D eigenvalue weighted by Gasteiger charge is 2.30. The van der Waals surface area contributed by atoms with Gasteiger partial charge >= 0.3 is 5.97 Å². The lowest BCUT2D eigenvalue weighted by Gasteiger charge is -2.37. The van der Waals surface area contributed by atoms with Crippen LogP contribution in [-0.4, -0.2) is 43.2 Å². The number of benzene rings is 2. The van der Waals surface area contributed by atoms with Crippen LogP contribution in [0.4, 0.5) is 17.1 Å². The molecule has 1 heterocycles. The van der Waals surface area contributed by atoms with E-state index in [9.17, 15) is 14.7 Å². The Labute approximate surface area is 168 Å². The van der Waals surface area contributed by atoms with Gasteiger partial charge in [0, 0.05) is 37.8 Å². The van der Waals surface area contributed by atoms with E-state index in [-0.39, 0.29) is 17.4 Å². The Morgan fingerprint density at radius 1 is 1.00 bits per heavy atom. The van der Waals surface area contributed by atoms with Crippen LogP contribution in [0, 0.1) is 5.92 Å². The molecule has 146 valence electrons. The number of para-hydroxylation sites is 1. The van der Waals surface area contributed by atoms with Gasteiger partial charge in [-0.25, -0.2) is 4.79 Å². The second kappa shape index (κ2) is 7.72. The van der Waals surface area contributed by atoms with Crippen LogP contribution < -0.4 is 15.1 Å². The molecule has 0 bridgehead atoms. The summed E-state index contributed by atoms with van der Waals surface area (Å²) in [6.07, 6.45) is 1.75. The molecule has 0 radical (unpaired) electrons. The molecule has 0 aromatic heterocycles. The van der Waals surface area contributed by atoms with Gasteiger partial charge in [-0.1, -0.05) is 23.7 Å². The largest absolute Gasteiger partial charge is 0.478 e. The molecule has 2 N–H and O–H groups in total. The molecule has 1 saturated heterocycles. The molecule has 2 aliphatic rings. The molecule has 0 spiro atoms. The van der Waals surface area contributed by atoms with E-state index in [1.807, 2.05) is 30.3 Å². The maximum atomic E-state index is 12.0. The maximum absolute atomic E-state index is 12.0. The number of carbonyl (C=O) groups is 2. The number of halogens is 1. The Bertz CT molecular complexity index is 906. The zero-order valence-corrected chi connectivity index (χ0v) is 16.2. The number of nitrogens with zero attached hydrogens (tertiary/aromatic N) is 2. The van der Waals surface area contributed by atoms with Crippen molar-refractivity contribution in [3.8, 4) is 0 Å². The van der Waals surface area contributed by atoms with Crippen LogP contribution >= 0.6 is 11.6 Å². The number of piperazine rings is 1. The number of rotatable bonds is 5. The number of carboxylic acids is 1. The van der Waals surface area contributed by atoms with Gasteiger partial charge in [0.15, 0.2) is 0 Å². The molecule has 0 atom stereocenters. The maximum Gasteiger partial charge on any atom is 0.337 e. The molecule has 4 rings (SSSR count). The zero-order valence-electron chi connectivity index (χ0n) is 15.4. The van der Waals surface area contributed by atoms with Gasteiger partial charge < -0.3 is 20.2 Å². The Kier molecular flexibility index (Phi) is 5.13. The van der Waals surface area contributed by atoms with Crippen molar-refractivity contribution in [1.82, 2.24) is 0 Å². The second-order valence-corrected chi connectivity index (χ2v) is 7.63. The summed E-state index contributed by atoms with van der Waals surface area (Å²) in [5, 5.41) is 13.1. The molecular formula is C21H22ClN3O3. The van der Waals surface area contributed by atoms with Crippen LogP contribution in [-0.2, 0) is 4.79 Å². The molecule has 2 aromatic rings. The lowest BCUT2D eigenvalue weighted by atomic mass is 10.1. The predicted octanol–water partition coefficient (Wildman–Crippen LogP) is 3.71. The van der Waals surface area contributed by atoms with Gasteiger partial charge in [-0.3, -0.25) is 4.79 Å². The first-order valence-electron chi connectivity index (χ1n) is 9.45. The monoisotopic (exact) mass is 399 g/mol. The Morgan fingerprint density at radius 3 is 2.32 bits per heavy atom. The van der Waals surface area contributed by atoms with Gasteiger partial charge in [0.2, 0.25) is 5.91 Å². The molecule has 1 amide bonds. The Balaban J connectivity index is 1.47. The van der Waals surface area contributed by atoms with Crippen LogP contribution in [0.3, 0.4) is 0 Å². The third kappa shape index (κ3) is 3.92. The van der Waals surface area contributed by atoms with E-state index in [0.717, 1.165) is 55.4 Å². The van der Waals surface area contributed by atoms with Gasteiger partial charge in [0.1, 0.15) is 0 Å². The van der Waals surface area contributed by atoms with E-state index < -0.39 is 5.97 Å². The zero-order chi connectivity index (χ0) is 19.7. The second-order valence-electron chi connectivity index (χ2n) is 7.22. The summed E-state index contributed by atoms with van der Waals surface area (Å²) in [4.78, 5) is 28.1. The van der Waals surface area contributed by atoms with E-state index in [4.69, 9.17) is 11.6 Å². The summed E-state index contributed by atoms with van der Waals surface area (Å²) >= 11 is 6.30. The summed E-state index contributed by atoms with van der Waals surface area (Å²) in [7, 11) is 0. The van der Waals surface area contributed by atoms with Crippen molar-refractivity contribution >= 4 is 40.5 Å². The molecule has 6 nitrogen and oxygen atoms in total. The van der Waals surface area contributed by atoms with E-state index >= 15 is 0 Å². The summed E-state index contributed by atoms with van der Waals surface area (Å²) in [5.74, 6) is -1.11. The molecule has 1 saturated carbocycles. The van der Waals surface area contributed by atoms with Crippen molar-refractivity contribution in [3.05, 3.63) is 53.1 Å². The van der Waals surface area contributed by atoms with Crippen molar-refractivity contribution in [3.63, 3.8) is 0 Å². The summed E-state index contributed by atoms with van der Waals surface area (Å²) in [5.41, 5.74) is 2.36. The number of hydrogen-bond donors (Lipinski definition) is 2. The van der Waals surface area contributed by atoms with Crippen LogP contribution in [0.5, 0.6) is 0 Å². The smallest absolute Gasteiger partial charge is 0.337 e. The Hall–Kier alpha value is -2.73. The summed E-state index contributed by atoms with van der Waals surface area (Å²) < 4.78 is 0. The first kappa shape index (κ1) is 18.6. The highest BCUT2D eigenvalue weighted by Crippen LogP contribution is 2.32.